The molecule has 1 rings (SSSR count). The average Bonchev–Trinajstić information content (AvgIpc) is 2.06. The molecule has 0 unspecified atom stereocenters. The molecular weight excluding hydrogens is 194 g/mol. The van der Waals surface area contributed by atoms with Crippen LogP contribution in [0.25, 0.3) is 0 Å². The van der Waals surface area contributed by atoms with E-state index in [-0.39, 0.29) is 10.9 Å². The van der Waals surface area contributed by atoms with Crippen LogP contribution in [0.2, 0.25) is 0 Å². The van der Waals surface area contributed by atoms with Crippen molar-refractivity contribution >= 4 is 36.3 Å². The number of hydrogen-bond donors (Lipinski definition) is 3. The summed E-state index contributed by atoms with van der Waals surface area (Å²) in [6.07, 6.45) is 1.91. The molecule has 0 bridgehead atoms. The van der Waals surface area contributed by atoms with Gasteiger partial charge in [-0.3, -0.25) is 14.3 Å². The lowest BCUT2D eigenvalue weighted by Crippen LogP contribution is -2.48. The molecule has 0 atom stereocenters. The third kappa shape index (κ3) is 1.84. The van der Waals surface area contributed by atoms with Gasteiger partial charge in [-0.1, -0.05) is 12.8 Å². The lowest BCUT2D eigenvalue weighted by atomic mass is 9.83. The monoisotopic (exact) mass is 205 g/mol. The van der Waals surface area contributed by atoms with Crippen molar-refractivity contribution in [2.75, 3.05) is 0 Å². The van der Waals surface area contributed by atoms with Crippen molar-refractivity contribution in [2.45, 2.75) is 31.2 Å². The molecule has 0 aromatic carbocycles. The lowest BCUT2D eigenvalue weighted by molar-refractivity contribution is -0.124. The van der Waals surface area contributed by atoms with Crippen molar-refractivity contribution < 1.29 is 9.59 Å². The quantitative estimate of drug-likeness (QED) is 0.583. The summed E-state index contributed by atoms with van der Waals surface area (Å²) in [7, 11) is 0. The Kier molecular flexibility index (Phi) is 3.20. The molecule has 0 spiro atoms. The third-order valence-corrected chi connectivity index (χ3v) is 3.14. The van der Waals surface area contributed by atoms with E-state index in [1.165, 1.54) is 0 Å². The molecule has 0 aromatic heterocycles. The van der Waals surface area contributed by atoms with Gasteiger partial charge in [0, 0.05) is 12.8 Å². The molecule has 0 saturated heterocycles. The van der Waals surface area contributed by atoms with Crippen LogP contribution < -0.4 is 4.72 Å². The minimum Gasteiger partial charge on any atom is -0.300 e. The summed E-state index contributed by atoms with van der Waals surface area (Å²) in [5, 5.41) is -0.231. The molecule has 0 aromatic rings. The van der Waals surface area contributed by atoms with E-state index in [1.807, 2.05) is 0 Å². The summed E-state index contributed by atoms with van der Waals surface area (Å²) in [6, 6.07) is 0. The molecule has 1 fully saturated rings. The zero-order valence-electron chi connectivity index (χ0n) is 6.54. The van der Waals surface area contributed by atoms with Gasteiger partial charge >= 0.3 is 0 Å². The number of carbonyl (C=O) groups is 2. The van der Waals surface area contributed by atoms with Crippen LogP contribution in [0.4, 0.5) is 0 Å². The second-order valence-electron chi connectivity index (χ2n) is 3.04. The van der Waals surface area contributed by atoms with Gasteiger partial charge in [-0.25, -0.2) is 0 Å². The number of carbonyl (C=O) groups excluding carboxylic acids is 2. The van der Waals surface area contributed by atoms with Crippen LogP contribution >= 0.6 is 25.4 Å². The summed E-state index contributed by atoms with van der Waals surface area (Å²) >= 11 is 7.66. The highest BCUT2D eigenvalue weighted by atomic mass is 32.1. The van der Waals surface area contributed by atoms with Gasteiger partial charge < -0.3 is 0 Å². The van der Waals surface area contributed by atoms with Crippen LogP contribution in [-0.4, -0.2) is 16.4 Å². The number of Topliss-reactive ketones (excluding diaryl/α,β-unsaturated/α-hetero) is 1. The fourth-order valence-electron chi connectivity index (χ4n) is 1.33. The van der Waals surface area contributed by atoms with Crippen molar-refractivity contribution in [3.63, 3.8) is 0 Å². The Labute approximate surface area is 82.2 Å². The van der Waals surface area contributed by atoms with Crippen LogP contribution in [0.1, 0.15) is 25.7 Å². The van der Waals surface area contributed by atoms with Crippen molar-refractivity contribution in [3.8, 4) is 0 Å². The van der Waals surface area contributed by atoms with E-state index in [2.05, 4.69) is 30.2 Å². The molecular formula is C7H11NO2S2. The van der Waals surface area contributed by atoms with Crippen LogP contribution in [0.3, 0.4) is 0 Å². The van der Waals surface area contributed by atoms with Crippen molar-refractivity contribution in [1.82, 2.24) is 4.72 Å². The molecule has 68 valence electrons. The topological polar surface area (TPSA) is 46.2 Å². The van der Waals surface area contributed by atoms with Crippen LogP contribution in [0.15, 0.2) is 0 Å². The molecule has 0 amide bonds. The Morgan fingerprint density at radius 3 is 2.25 bits per heavy atom. The van der Waals surface area contributed by atoms with E-state index in [4.69, 9.17) is 0 Å². The van der Waals surface area contributed by atoms with Crippen LogP contribution in [-0.2, 0) is 9.59 Å². The normalized spacial score (nSPS) is 22.3. The zero-order valence-corrected chi connectivity index (χ0v) is 8.33. The number of rotatable bonds is 2. The largest absolute Gasteiger partial charge is 0.300 e. The summed E-state index contributed by atoms with van der Waals surface area (Å²) in [6.45, 7) is 0. The lowest BCUT2D eigenvalue weighted by Gasteiger charge is -2.32. The first-order valence-electron chi connectivity index (χ1n) is 3.77. The van der Waals surface area contributed by atoms with Crippen LogP contribution in [0, 0.1) is 0 Å². The number of ketones is 1. The summed E-state index contributed by atoms with van der Waals surface area (Å²) < 4.78 is 2.65. The predicted molar refractivity (Wildman–Crippen MR) is 52.3 cm³/mol. The minimum atomic E-state index is -0.680. The van der Waals surface area contributed by atoms with E-state index >= 15 is 0 Å². The Morgan fingerprint density at radius 2 is 1.92 bits per heavy atom. The number of thiol groups is 2. The summed E-state index contributed by atoms with van der Waals surface area (Å²) in [4.78, 5) is 22.0. The van der Waals surface area contributed by atoms with E-state index in [0.29, 0.717) is 25.7 Å². The molecule has 0 heterocycles. The predicted octanol–water partition coefficient (Wildman–Crippen LogP) is 0.759. The Balaban J connectivity index is 2.69. The smallest absolute Gasteiger partial charge is 0.206 e. The summed E-state index contributed by atoms with van der Waals surface area (Å²) in [5.74, 6) is 0.212. The Morgan fingerprint density at radius 1 is 1.42 bits per heavy atom. The highest BCUT2D eigenvalue weighted by Crippen LogP contribution is 2.28. The van der Waals surface area contributed by atoms with Crippen molar-refractivity contribution in [3.05, 3.63) is 0 Å². The summed E-state index contributed by atoms with van der Waals surface area (Å²) in [5.41, 5.74) is -0.680. The average molecular weight is 205 g/mol. The SMILES string of the molecule is O=C1CCC(NS)(C(=O)S)CC1. The van der Waals surface area contributed by atoms with Gasteiger partial charge in [0.25, 0.3) is 0 Å². The van der Waals surface area contributed by atoms with Gasteiger partial charge in [0.2, 0.25) is 5.12 Å². The maximum absolute atomic E-state index is 11.1. The van der Waals surface area contributed by atoms with E-state index in [9.17, 15) is 9.59 Å². The highest BCUT2D eigenvalue weighted by molar-refractivity contribution is 7.97. The van der Waals surface area contributed by atoms with Crippen molar-refractivity contribution in [2.24, 2.45) is 0 Å². The van der Waals surface area contributed by atoms with Crippen LogP contribution in [0.5, 0.6) is 0 Å². The van der Waals surface area contributed by atoms with Gasteiger partial charge in [-0.2, -0.15) is 0 Å². The molecule has 12 heavy (non-hydrogen) atoms. The Bertz CT molecular complexity index is 207. The van der Waals surface area contributed by atoms with E-state index < -0.39 is 5.54 Å². The first kappa shape index (κ1) is 10.1. The number of nitrogens with one attached hydrogen (secondary N) is 1. The first-order valence-corrected chi connectivity index (χ1v) is 4.66. The molecule has 1 N–H and O–H groups in total. The Hall–Kier alpha value is -0.0000000000000000555. The first-order chi connectivity index (χ1) is 5.60. The molecule has 0 radical (unpaired) electrons. The maximum Gasteiger partial charge on any atom is 0.206 e. The van der Waals surface area contributed by atoms with Crippen molar-refractivity contribution in [1.29, 1.82) is 0 Å². The molecule has 3 nitrogen and oxygen atoms in total. The standard InChI is InChI=1S/C7H11NO2S2/c9-5-1-3-7(8-12,4-2-5)6(10)11/h8,12H,1-4H2,(H,10,11). The number of hydrogen-bond acceptors (Lipinski definition) is 4. The molecule has 1 saturated carbocycles. The molecule has 1 aliphatic carbocycles. The fourth-order valence-corrected chi connectivity index (χ4v) is 2.02. The highest BCUT2D eigenvalue weighted by Gasteiger charge is 2.38. The van der Waals surface area contributed by atoms with Gasteiger partial charge in [0.05, 0.1) is 5.54 Å². The van der Waals surface area contributed by atoms with Gasteiger partial charge in [0.15, 0.2) is 0 Å². The third-order valence-electron chi connectivity index (χ3n) is 2.28. The second kappa shape index (κ2) is 3.81. The maximum atomic E-state index is 11.1. The molecule has 0 aliphatic heterocycles. The molecule has 5 heteroatoms. The van der Waals surface area contributed by atoms with Gasteiger partial charge in [0.1, 0.15) is 5.78 Å². The van der Waals surface area contributed by atoms with E-state index in [0.717, 1.165) is 0 Å². The second-order valence-corrected chi connectivity index (χ2v) is 3.67. The van der Waals surface area contributed by atoms with E-state index in [1.54, 1.807) is 0 Å². The molecule has 1 aliphatic rings. The minimum absolute atomic E-state index is 0.212. The fraction of sp³-hybridized carbons (Fsp3) is 0.714. The zero-order chi connectivity index (χ0) is 9.19. The van der Waals surface area contributed by atoms with Gasteiger partial charge in [-0.15, -0.1) is 12.6 Å². The van der Waals surface area contributed by atoms with Gasteiger partial charge in [-0.05, 0) is 12.8 Å².